The van der Waals surface area contributed by atoms with Crippen LogP contribution in [0.5, 0.6) is 5.88 Å². The number of benzene rings is 1. The van der Waals surface area contributed by atoms with Crippen molar-refractivity contribution in [2.24, 2.45) is 7.05 Å². The van der Waals surface area contributed by atoms with Crippen molar-refractivity contribution in [2.75, 3.05) is 7.11 Å². The summed E-state index contributed by atoms with van der Waals surface area (Å²) in [5, 5.41) is 17.7. The van der Waals surface area contributed by atoms with E-state index in [1.165, 1.54) is 6.33 Å². The van der Waals surface area contributed by atoms with E-state index in [0.29, 0.717) is 22.7 Å². The molecule has 128 valence electrons. The fraction of sp³-hybridized carbons (Fsp3) is 0.167. The molecule has 0 N–H and O–H groups in total. The Morgan fingerprint density at radius 1 is 1.15 bits per heavy atom. The predicted molar refractivity (Wildman–Crippen MR) is 94.4 cm³/mol. The second kappa shape index (κ2) is 5.97. The van der Waals surface area contributed by atoms with Crippen molar-refractivity contribution in [3.8, 4) is 34.5 Å². The summed E-state index contributed by atoms with van der Waals surface area (Å²) in [6.45, 7) is 1.88. The van der Waals surface area contributed by atoms with Gasteiger partial charge in [0, 0.05) is 18.2 Å². The lowest BCUT2D eigenvalue weighted by Gasteiger charge is -2.07. The van der Waals surface area contributed by atoms with Crippen LogP contribution < -0.4 is 4.74 Å². The maximum Gasteiger partial charge on any atom is 0.243 e. The minimum absolute atomic E-state index is 0.449. The van der Waals surface area contributed by atoms with E-state index in [0.717, 1.165) is 22.6 Å². The third-order valence-corrected chi connectivity index (χ3v) is 4.24. The van der Waals surface area contributed by atoms with Crippen LogP contribution >= 0.6 is 0 Å². The Balaban J connectivity index is 1.99. The molecule has 4 rings (SSSR count). The highest BCUT2D eigenvalue weighted by molar-refractivity contribution is 5.89. The lowest BCUT2D eigenvalue weighted by atomic mass is 10.0. The van der Waals surface area contributed by atoms with Gasteiger partial charge in [-0.25, -0.2) is 9.50 Å². The average Bonchev–Trinajstić information content (AvgIpc) is 3.22. The molecule has 0 saturated heterocycles. The summed E-state index contributed by atoms with van der Waals surface area (Å²) in [5.41, 5.74) is 4.67. The second-order valence-electron chi connectivity index (χ2n) is 5.76. The summed E-state index contributed by atoms with van der Waals surface area (Å²) >= 11 is 0. The largest absolute Gasteiger partial charge is 0.479 e. The van der Waals surface area contributed by atoms with Gasteiger partial charge in [-0.2, -0.15) is 20.4 Å². The number of imidazole rings is 1. The molecular formula is C18H15N7O. The lowest BCUT2D eigenvalue weighted by molar-refractivity contribution is 0.399. The number of fused-ring (bicyclic) bond motifs is 1. The van der Waals surface area contributed by atoms with E-state index in [4.69, 9.17) is 10.00 Å². The number of nitrogens with zero attached hydrogens (tertiary/aromatic N) is 7. The minimum atomic E-state index is 0.449. The molecule has 0 radical (unpaired) electrons. The number of aromatic nitrogens is 6. The summed E-state index contributed by atoms with van der Waals surface area (Å²) < 4.78 is 8.90. The summed E-state index contributed by atoms with van der Waals surface area (Å²) in [6, 6.07) is 9.50. The van der Waals surface area contributed by atoms with Gasteiger partial charge >= 0.3 is 0 Å². The molecule has 0 amide bonds. The SMILES string of the molecule is COc1ncnn2c(C)nc(-c3cnn(C)c3-c3ccc(C#N)cc3)c12. The number of rotatable bonds is 3. The standard InChI is InChI=1S/C18H15N7O/c1-11-23-15(17-18(26-3)20-10-22-25(11)17)14-9-21-24(2)16(14)13-6-4-12(8-19)5-7-13/h4-7,9-10H,1-3H3. The Morgan fingerprint density at radius 3 is 2.62 bits per heavy atom. The van der Waals surface area contributed by atoms with Gasteiger partial charge in [0.15, 0.2) is 5.52 Å². The van der Waals surface area contributed by atoms with E-state index in [9.17, 15) is 0 Å². The molecule has 8 heteroatoms. The first-order chi connectivity index (χ1) is 12.6. The quantitative estimate of drug-likeness (QED) is 0.566. The van der Waals surface area contributed by atoms with Crippen molar-refractivity contribution in [1.82, 2.24) is 29.4 Å². The van der Waals surface area contributed by atoms with Crippen molar-refractivity contribution in [3.63, 3.8) is 0 Å². The molecule has 0 aliphatic rings. The summed E-state index contributed by atoms with van der Waals surface area (Å²) in [5.74, 6) is 1.18. The van der Waals surface area contributed by atoms with Crippen molar-refractivity contribution in [3.05, 3.63) is 48.2 Å². The predicted octanol–water partition coefficient (Wildman–Crippen LogP) is 2.38. The van der Waals surface area contributed by atoms with Crippen LogP contribution in [-0.4, -0.2) is 36.5 Å². The average molecular weight is 345 g/mol. The zero-order chi connectivity index (χ0) is 18.3. The third-order valence-electron chi connectivity index (χ3n) is 4.24. The van der Waals surface area contributed by atoms with Crippen molar-refractivity contribution < 1.29 is 4.74 Å². The van der Waals surface area contributed by atoms with Gasteiger partial charge in [-0.05, 0) is 19.1 Å². The first-order valence-electron chi connectivity index (χ1n) is 7.91. The number of hydrogen-bond acceptors (Lipinski definition) is 6. The summed E-state index contributed by atoms with van der Waals surface area (Å²) in [7, 11) is 3.44. The van der Waals surface area contributed by atoms with E-state index in [2.05, 4.69) is 26.2 Å². The van der Waals surface area contributed by atoms with Gasteiger partial charge in [0.2, 0.25) is 5.88 Å². The molecule has 0 aliphatic heterocycles. The molecule has 1 aromatic carbocycles. The van der Waals surface area contributed by atoms with E-state index in [-0.39, 0.29) is 0 Å². The summed E-state index contributed by atoms with van der Waals surface area (Å²) in [4.78, 5) is 8.88. The molecule has 26 heavy (non-hydrogen) atoms. The molecule has 0 spiro atoms. The Labute approximate surface area is 149 Å². The smallest absolute Gasteiger partial charge is 0.243 e. The topological polar surface area (TPSA) is 93.9 Å². The van der Waals surface area contributed by atoms with Gasteiger partial charge in [0.25, 0.3) is 0 Å². The Kier molecular flexibility index (Phi) is 3.62. The number of nitriles is 1. The Hall–Kier alpha value is -3.73. The first-order valence-corrected chi connectivity index (χ1v) is 7.91. The van der Waals surface area contributed by atoms with Crippen LogP contribution in [-0.2, 0) is 7.05 Å². The Bertz CT molecular complexity index is 1150. The first kappa shape index (κ1) is 15.8. The fourth-order valence-electron chi connectivity index (χ4n) is 3.04. The number of hydrogen-bond donors (Lipinski definition) is 0. The van der Waals surface area contributed by atoms with Crippen LogP contribution in [0.3, 0.4) is 0 Å². The van der Waals surface area contributed by atoms with Crippen molar-refractivity contribution >= 4 is 5.52 Å². The van der Waals surface area contributed by atoms with Crippen LogP contribution in [0.1, 0.15) is 11.4 Å². The van der Waals surface area contributed by atoms with E-state index in [1.54, 1.807) is 34.6 Å². The van der Waals surface area contributed by atoms with E-state index >= 15 is 0 Å². The fourth-order valence-corrected chi connectivity index (χ4v) is 3.04. The molecule has 0 aliphatic carbocycles. The molecule has 0 unspecified atom stereocenters. The highest BCUT2D eigenvalue weighted by Crippen LogP contribution is 2.36. The van der Waals surface area contributed by atoms with Crippen LogP contribution in [0.15, 0.2) is 36.8 Å². The lowest BCUT2D eigenvalue weighted by Crippen LogP contribution is -1.99. The highest BCUT2D eigenvalue weighted by Gasteiger charge is 2.22. The maximum atomic E-state index is 9.02. The van der Waals surface area contributed by atoms with Gasteiger partial charge in [0.1, 0.15) is 17.8 Å². The number of methoxy groups -OCH3 is 1. The molecular weight excluding hydrogens is 330 g/mol. The molecule has 4 aromatic rings. The van der Waals surface area contributed by atoms with Crippen LogP contribution in [0, 0.1) is 18.3 Å². The summed E-state index contributed by atoms with van der Waals surface area (Å²) in [6.07, 6.45) is 3.21. The number of ether oxygens (including phenoxy) is 1. The second-order valence-corrected chi connectivity index (χ2v) is 5.76. The zero-order valence-corrected chi connectivity index (χ0v) is 14.5. The molecule has 0 fully saturated rings. The molecule has 3 heterocycles. The van der Waals surface area contributed by atoms with Crippen LogP contribution in [0.2, 0.25) is 0 Å². The number of aryl methyl sites for hydroxylation is 2. The van der Waals surface area contributed by atoms with E-state index in [1.807, 2.05) is 26.1 Å². The maximum absolute atomic E-state index is 9.02. The van der Waals surface area contributed by atoms with Crippen LogP contribution in [0.4, 0.5) is 0 Å². The molecule has 0 saturated carbocycles. The third kappa shape index (κ3) is 2.29. The van der Waals surface area contributed by atoms with Crippen molar-refractivity contribution in [1.29, 1.82) is 5.26 Å². The van der Waals surface area contributed by atoms with Gasteiger partial charge < -0.3 is 4.74 Å². The van der Waals surface area contributed by atoms with Gasteiger partial charge in [-0.15, -0.1) is 0 Å². The van der Waals surface area contributed by atoms with Crippen molar-refractivity contribution in [2.45, 2.75) is 6.92 Å². The molecule has 0 bridgehead atoms. The highest BCUT2D eigenvalue weighted by atomic mass is 16.5. The zero-order valence-electron chi connectivity index (χ0n) is 14.5. The van der Waals surface area contributed by atoms with Gasteiger partial charge in [0.05, 0.1) is 30.6 Å². The van der Waals surface area contributed by atoms with Crippen LogP contribution in [0.25, 0.3) is 28.0 Å². The van der Waals surface area contributed by atoms with E-state index < -0.39 is 0 Å². The van der Waals surface area contributed by atoms with Gasteiger partial charge in [-0.3, -0.25) is 4.68 Å². The Morgan fingerprint density at radius 2 is 1.92 bits per heavy atom. The molecule has 0 atom stereocenters. The molecule has 8 nitrogen and oxygen atoms in total. The molecule has 3 aromatic heterocycles. The minimum Gasteiger partial charge on any atom is -0.479 e. The monoisotopic (exact) mass is 345 g/mol. The normalized spacial score (nSPS) is 10.8. The van der Waals surface area contributed by atoms with Gasteiger partial charge in [-0.1, -0.05) is 12.1 Å².